The van der Waals surface area contributed by atoms with Crippen molar-refractivity contribution in [2.45, 2.75) is 6.92 Å². The largest absolute Gasteiger partial charge is 0.497 e. The smallest absolute Gasteiger partial charge is 0.275 e. The summed E-state index contributed by atoms with van der Waals surface area (Å²) in [6, 6.07) is 9.02. The Bertz CT molecular complexity index is 801. The number of rotatable bonds is 2. The SMILES string of the molecule is COc1ccc(N=C2C(=O)Nc3c2cc(Br)c(Cl)c3C)cc1. The lowest BCUT2D eigenvalue weighted by Gasteiger charge is -2.07. The van der Waals surface area contributed by atoms with Crippen LogP contribution in [0.1, 0.15) is 11.1 Å². The number of nitrogens with zero attached hydrogens (tertiary/aromatic N) is 1. The Hall–Kier alpha value is -1.85. The van der Waals surface area contributed by atoms with E-state index in [1.54, 1.807) is 31.4 Å². The highest BCUT2D eigenvalue weighted by atomic mass is 79.9. The Morgan fingerprint density at radius 2 is 1.95 bits per heavy atom. The first-order valence-corrected chi connectivity index (χ1v) is 7.71. The first-order chi connectivity index (χ1) is 10.5. The average molecular weight is 380 g/mol. The van der Waals surface area contributed by atoms with Crippen molar-refractivity contribution in [3.05, 3.63) is 51.0 Å². The molecule has 0 saturated carbocycles. The number of anilines is 1. The summed E-state index contributed by atoms with van der Waals surface area (Å²) >= 11 is 9.61. The molecule has 6 heteroatoms. The second kappa shape index (κ2) is 5.74. The molecular weight excluding hydrogens is 368 g/mol. The maximum atomic E-state index is 12.2. The number of fused-ring (bicyclic) bond motifs is 1. The third-order valence-corrected chi connectivity index (χ3v) is 4.82. The van der Waals surface area contributed by atoms with Gasteiger partial charge in [0, 0.05) is 10.0 Å². The minimum atomic E-state index is -0.233. The van der Waals surface area contributed by atoms with Crippen molar-refractivity contribution in [2.75, 3.05) is 12.4 Å². The normalized spacial score (nSPS) is 14.9. The molecule has 1 aliphatic heterocycles. The van der Waals surface area contributed by atoms with Crippen molar-refractivity contribution in [1.29, 1.82) is 0 Å². The highest BCUT2D eigenvalue weighted by Crippen LogP contribution is 2.38. The zero-order chi connectivity index (χ0) is 15.9. The molecule has 2 aromatic rings. The molecule has 0 bridgehead atoms. The minimum Gasteiger partial charge on any atom is -0.497 e. The van der Waals surface area contributed by atoms with Crippen molar-refractivity contribution >= 4 is 50.5 Å². The van der Waals surface area contributed by atoms with Crippen LogP contribution in [0.15, 0.2) is 39.8 Å². The Morgan fingerprint density at radius 3 is 2.59 bits per heavy atom. The minimum absolute atomic E-state index is 0.233. The fraction of sp³-hybridized carbons (Fsp3) is 0.125. The Morgan fingerprint density at radius 1 is 1.27 bits per heavy atom. The van der Waals surface area contributed by atoms with Crippen molar-refractivity contribution in [3.63, 3.8) is 0 Å². The Kier molecular flexibility index (Phi) is 3.93. The topological polar surface area (TPSA) is 50.7 Å². The van der Waals surface area contributed by atoms with Crippen LogP contribution in [-0.4, -0.2) is 18.7 Å². The molecular formula is C16H12BrClN2O2. The third kappa shape index (κ3) is 2.51. The number of carbonyl (C=O) groups is 1. The number of aliphatic imine (C=N–C) groups is 1. The van der Waals surface area contributed by atoms with Crippen molar-refractivity contribution < 1.29 is 9.53 Å². The summed E-state index contributed by atoms with van der Waals surface area (Å²) in [7, 11) is 1.60. The Balaban J connectivity index is 2.09. The van der Waals surface area contributed by atoms with E-state index in [9.17, 15) is 4.79 Å². The number of halogens is 2. The molecule has 0 saturated heterocycles. The molecule has 1 N–H and O–H groups in total. The fourth-order valence-corrected chi connectivity index (χ4v) is 2.97. The first-order valence-electron chi connectivity index (χ1n) is 6.54. The van der Waals surface area contributed by atoms with Crippen LogP contribution in [0.5, 0.6) is 5.75 Å². The predicted molar refractivity (Wildman–Crippen MR) is 91.7 cm³/mol. The second-order valence-electron chi connectivity index (χ2n) is 4.83. The molecule has 0 unspecified atom stereocenters. The van der Waals surface area contributed by atoms with Crippen molar-refractivity contribution in [3.8, 4) is 5.75 Å². The van der Waals surface area contributed by atoms with E-state index in [4.69, 9.17) is 16.3 Å². The van der Waals surface area contributed by atoms with E-state index in [1.165, 1.54) is 0 Å². The lowest BCUT2D eigenvalue weighted by molar-refractivity contribution is -0.110. The molecule has 1 amide bonds. The van der Waals surface area contributed by atoms with Crippen LogP contribution >= 0.6 is 27.5 Å². The van der Waals surface area contributed by atoms with Gasteiger partial charge < -0.3 is 10.1 Å². The standard InChI is InChI=1S/C16H12BrClN2O2/c1-8-13(18)12(17)7-11-14(8)20-16(21)15(11)19-9-3-5-10(22-2)6-4-9/h3-7H,1-2H3,(H,19,20,21). The van der Waals surface area contributed by atoms with Gasteiger partial charge in [-0.3, -0.25) is 4.79 Å². The number of hydrogen-bond donors (Lipinski definition) is 1. The Labute approximate surface area is 141 Å². The number of hydrogen-bond acceptors (Lipinski definition) is 3. The molecule has 22 heavy (non-hydrogen) atoms. The van der Waals surface area contributed by atoms with Gasteiger partial charge in [-0.05, 0) is 58.7 Å². The molecule has 0 aromatic heterocycles. The number of benzene rings is 2. The maximum absolute atomic E-state index is 12.2. The molecule has 4 nitrogen and oxygen atoms in total. The predicted octanol–water partition coefficient (Wildman–Crippen LogP) is 4.49. The van der Waals surface area contributed by atoms with Crippen LogP contribution in [0.4, 0.5) is 11.4 Å². The molecule has 3 rings (SSSR count). The maximum Gasteiger partial charge on any atom is 0.275 e. The fourth-order valence-electron chi connectivity index (χ4n) is 2.29. The molecule has 0 aliphatic carbocycles. The van der Waals surface area contributed by atoms with Crippen LogP contribution in [-0.2, 0) is 4.79 Å². The number of carbonyl (C=O) groups excluding carboxylic acids is 1. The van der Waals surface area contributed by atoms with Gasteiger partial charge in [0.15, 0.2) is 0 Å². The number of methoxy groups -OCH3 is 1. The number of amides is 1. The molecule has 112 valence electrons. The van der Waals surface area contributed by atoms with Gasteiger partial charge in [-0.1, -0.05) is 11.6 Å². The van der Waals surface area contributed by atoms with Gasteiger partial charge in [0.25, 0.3) is 5.91 Å². The highest BCUT2D eigenvalue weighted by Gasteiger charge is 2.29. The number of ether oxygens (including phenoxy) is 1. The van der Waals surface area contributed by atoms with Crippen LogP contribution < -0.4 is 10.1 Å². The lowest BCUT2D eigenvalue weighted by atomic mass is 10.1. The van der Waals surface area contributed by atoms with E-state index in [0.29, 0.717) is 22.1 Å². The molecule has 2 aromatic carbocycles. The van der Waals surface area contributed by atoms with E-state index in [-0.39, 0.29) is 5.91 Å². The van der Waals surface area contributed by atoms with Crippen molar-refractivity contribution in [1.82, 2.24) is 0 Å². The highest BCUT2D eigenvalue weighted by molar-refractivity contribution is 9.10. The van der Waals surface area contributed by atoms with Crippen LogP contribution in [0.3, 0.4) is 0 Å². The molecule has 0 radical (unpaired) electrons. The second-order valence-corrected chi connectivity index (χ2v) is 6.06. The number of nitrogens with one attached hydrogen (secondary N) is 1. The van der Waals surface area contributed by atoms with Gasteiger partial charge in [-0.25, -0.2) is 4.99 Å². The molecule has 0 spiro atoms. The van der Waals surface area contributed by atoms with Crippen LogP contribution in [0.25, 0.3) is 0 Å². The monoisotopic (exact) mass is 378 g/mol. The van der Waals surface area contributed by atoms with Crippen LogP contribution in [0, 0.1) is 6.92 Å². The summed E-state index contributed by atoms with van der Waals surface area (Å²) in [4.78, 5) is 16.7. The van der Waals surface area contributed by atoms with Gasteiger partial charge in [-0.2, -0.15) is 0 Å². The molecule has 1 heterocycles. The first kappa shape index (κ1) is 15.1. The van der Waals surface area contributed by atoms with E-state index in [0.717, 1.165) is 21.3 Å². The zero-order valence-electron chi connectivity index (χ0n) is 11.9. The summed E-state index contributed by atoms with van der Waals surface area (Å²) in [5.74, 6) is 0.508. The summed E-state index contributed by atoms with van der Waals surface area (Å²) in [6.45, 7) is 1.86. The summed E-state index contributed by atoms with van der Waals surface area (Å²) < 4.78 is 5.85. The summed E-state index contributed by atoms with van der Waals surface area (Å²) in [5.41, 5.74) is 3.34. The van der Waals surface area contributed by atoms with E-state index >= 15 is 0 Å². The zero-order valence-corrected chi connectivity index (χ0v) is 14.2. The van der Waals surface area contributed by atoms with E-state index in [2.05, 4.69) is 26.2 Å². The average Bonchev–Trinajstić information content (AvgIpc) is 2.82. The lowest BCUT2D eigenvalue weighted by Crippen LogP contribution is -2.13. The third-order valence-electron chi connectivity index (χ3n) is 3.48. The van der Waals surface area contributed by atoms with Gasteiger partial charge in [0.1, 0.15) is 11.5 Å². The van der Waals surface area contributed by atoms with Crippen LogP contribution in [0.2, 0.25) is 5.02 Å². The van der Waals surface area contributed by atoms with E-state index in [1.807, 2.05) is 13.0 Å². The quantitative estimate of drug-likeness (QED) is 0.835. The summed E-state index contributed by atoms with van der Waals surface area (Å²) in [5, 5.41) is 3.41. The summed E-state index contributed by atoms with van der Waals surface area (Å²) in [6.07, 6.45) is 0. The van der Waals surface area contributed by atoms with Crippen molar-refractivity contribution in [2.24, 2.45) is 4.99 Å². The van der Waals surface area contributed by atoms with Gasteiger partial charge in [-0.15, -0.1) is 0 Å². The molecule has 1 aliphatic rings. The van der Waals surface area contributed by atoms with E-state index < -0.39 is 0 Å². The molecule has 0 fully saturated rings. The van der Waals surface area contributed by atoms with Gasteiger partial charge >= 0.3 is 0 Å². The van der Waals surface area contributed by atoms with Gasteiger partial charge in [0.2, 0.25) is 0 Å². The van der Waals surface area contributed by atoms with Gasteiger partial charge in [0.05, 0.1) is 23.5 Å². The molecule has 0 atom stereocenters.